The van der Waals surface area contributed by atoms with Gasteiger partial charge in [0.2, 0.25) is 0 Å². The number of amides is 1. The maximum atomic E-state index is 12.5. The van der Waals surface area contributed by atoms with E-state index >= 15 is 0 Å². The number of likely N-dealkylation sites (N-methyl/N-ethyl adjacent to an activating group) is 1. The number of nitrogens with one attached hydrogen (secondary N) is 1. The summed E-state index contributed by atoms with van der Waals surface area (Å²) in [4.78, 5) is 19.2. The molecule has 2 aromatic carbocycles. The number of hydrogen-bond acceptors (Lipinski definition) is 3. The molecule has 0 saturated carbocycles. The predicted molar refractivity (Wildman–Crippen MR) is 110 cm³/mol. The largest absolute Gasteiger partial charge is 0.364 e. The Kier molecular flexibility index (Phi) is 4.82. The number of benzene rings is 2. The van der Waals surface area contributed by atoms with Gasteiger partial charge in [-0.05, 0) is 60.9 Å². The highest BCUT2D eigenvalue weighted by atomic mass is 35.5. The van der Waals surface area contributed by atoms with E-state index in [0.29, 0.717) is 10.6 Å². The lowest BCUT2D eigenvalue weighted by molar-refractivity contribution is 0.102. The summed E-state index contributed by atoms with van der Waals surface area (Å²) in [5, 5.41) is 3.41. The van der Waals surface area contributed by atoms with Gasteiger partial charge in [-0.3, -0.25) is 9.78 Å². The van der Waals surface area contributed by atoms with Crippen molar-refractivity contribution >= 4 is 28.9 Å². The van der Waals surface area contributed by atoms with Crippen molar-refractivity contribution < 1.29 is 4.79 Å². The minimum atomic E-state index is -0.199. The van der Waals surface area contributed by atoms with E-state index in [2.05, 4.69) is 40.3 Å². The lowest BCUT2D eigenvalue weighted by Crippen LogP contribution is -2.24. The highest BCUT2D eigenvalue weighted by Crippen LogP contribution is 2.41. The maximum absolute atomic E-state index is 12.5. The lowest BCUT2D eigenvalue weighted by atomic mass is 10.0. The molecule has 5 heteroatoms. The molecule has 0 radical (unpaired) electrons. The molecule has 0 spiro atoms. The summed E-state index contributed by atoms with van der Waals surface area (Å²) >= 11 is 6.13. The van der Waals surface area contributed by atoms with Gasteiger partial charge in [0.15, 0.2) is 0 Å². The van der Waals surface area contributed by atoms with E-state index in [1.54, 1.807) is 24.4 Å². The maximum Gasteiger partial charge on any atom is 0.257 e. The van der Waals surface area contributed by atoms with Crippen molar-refractivity contribution in [3.63, 3.8) is 0 Å². The SMILES string of the molecule is CCN1c2ccc(NC(=O)c3ccccc3Cl)cc2CC1c1cccnc1. The molecule has 4 rings (SSSR count). The van der Waals surface area contributed by atoms with Crippen molar-refractivity contribution in [2.24, 2.45) is 0 Å². The second-order valence-electron chi connectivity index (χ2n) is 6.57. The molecule has 4 nitrogen and oxygen atoms in total. The van der Waals surface area contributed by atoms with Crippen LogP contribution in [0.4, 0.5) is 11.4 Å². The number of pyridine rings is 1. The molecule has 0 saturated heterocycles. The minimum absolute atomic E-state index is 0.199. The van der Waals surface area contributed by atoms with Crippen LogP contribution in [0.1, 0.15) is 34.5 Å². The zero-order valence-electron chi connectivity index (χ0n) is 15.0. The first-order valence-corrected chi connectivity index (χ1v) is 9.40. The van der Waals surface area contributed by atoms with Crippen molar-refractivity contribution in [1.29, 1.82) is 0 Å². The Morgan fingerprint density at radius 3 is 2.81 bits per heavy atom. The number of carbonyl (C=O) groups excluding carboxylic acids is 1. The summed E-state index contributed by atoms with van der Waals surface area (Å²) in [6.45, 7) is 3.07. The van der Waals surface area contributed by atoms with Crippen molar-refractivity contribution in [3.05, 3.63) is 88.7 Å². The van der Waals surface area contributed by atoms with E-state index in [9.17, 15) is 4.79 Å². The van der Waals surface area contributed by atoms with Gasteiger partial charge >= 0.3 is 0 Å². The Morgan fingerprint density at radius 2 is 2.07 bits per heavy atom. The van der Waals surface area contributed by atoms with E-state index in [0.717, 1.165) is 18.7 Å². The minimum Gasteiger partial charge on any atom is -0.364 e. The van der Waals surface area contributed by atoms with Gasteiger partial charge in [-0.15, -0.1) is 0 Å². The Labute approximate surface area is 163 Å². The van der Waals surface area contributed by atoms with Crippen molar-refractivity contribution in [2.45, 2.75) is 19.4 Å². The summed E-state index contributed by atoms with van der Waals surface area (Å²) < 4.78 is 0. The highest BCUT2D eigenvalue weighted by Gasteiger charge is 2.29. The van der Waals surface area contributed by atoms with Gasteiger partial charge in [0.05, 0.1) is 16.6 Å². The molecule has 1 aromatic heterocycles. The summed E-state index contributed by atoms with van der Waals surface area (Å²) in [7, 11) is 0. The fraction of sp³-hybridized carbons (Fsp3) is 0.182. The molecule has 1 amide bonds. The Morgan fingerprint density at radius 1 is 1.22 bits per heavy atom. The third-order valence-electron chi connectivity index (χ3n) is 4.96. The molecule has 1 atom stereocenters. The number of carbonyl (C=O) groups is 1. The monoisotopic (exact) mass is 377 g/mol. The fourth-order valence-electron chi connectivity index (χ4n) is 3.70. The van der Waals surface area contributed by atoms with Crippen molar-refractivity contribution in [1.82, 2.24) is 4.98 Å². The van der Waals surface area contributed by atoms with Gasteiger partial charge in [0, 0.05) is 30.3 Å². The van der Waals surface area contributed by atoms with Crippen LogP contribution in [-0.4, -0.2) is 17.4 Å². The van der Waals surface area contributed by atoms with Crippen LogP contribution in [0, 0.1) is 0 Å². The first kappa shape index (κ1) is 17.6. The van der Waals surface area contributed by atoms with Crippen LogP contribution < -0.4 is 10.2 Å². The molecule has 1 N–H and O–H groups in total. The molecule has 0 aliphatic carbocycles. The van der Waals surface area contributed by atoms with E-state index in [1.165, 1.54) is 16.8 Å². The van der Waals surface area contributed by atoms with Gasteiger partial charge in [-0.1, -0.05) is 29.8 Å². The third-order valence-corrected chi connectivity index (χ3v) is 5.29. The number of rotatable bonds is 4. The first-order chi connectivity index (χ1) is 13.2. The molecule has 1 unspecified atom stereocenters. The number of hydrogen-bond donors (Lipinski definition) is 1. The average molecular weight is 378 g/mol. The topological polar surface area (TPSA) is 45.2 Å². The number of fused-ring (bicyclic) bond motifs is 1. The summed E-state index contributed by atoms with van der Waals surface area (Å²) in [5.41, 5.74) is 4.90. The summed E-state index contributed by atoms with van der Waals surface area (Å²) in [6, 6.07) is 17.5. The zero-order chi connectivity index (χ0) is 18.8. The van der Waals surface area contributed by atoms with E-state index in [1.807, 2.05) is 24.4 Å². The zero-order valence-corrected chi connectivity index (χ0v) is 15.8. The molecule has 1 aliphatic heterocycles. The second kappa shape index (κ2) is 7.41. The molecule has 3 aromatic rings. The quantitative estimate of drug-likeness (QED) is 0.687. The Bertz CT molecular complexity index is 974. The second-order valence-corrected chi connectivity index (χ2v) is 6.98. The number of anilines is 2. The summed E-state index contributed by atoms with van der Waals surface area (Å²) in [6.07, 6.45) is 4.62. The molecular weight excluding hydrogens is 358 g/mol. The van der Waals surface area contributed by atoms with Crippen LogP contribution in [0.3, 0.4) is 0 Å². The molecule has 2 heterocycles. The number of nitrogens with zero attached hydrogens (tertiary/aromatic N) is 2. The van der Waals surface area contributed by atoms with Gasteiger partial charge in [-0.2, -0.15) is 0 Å². The standard InChI is InChI=1S/C22H20ClN3O/c1-2-26-20-10-9-17(25-22(27)18-7-3-4-8-19(18)23)12-16(20)13-21(26)15-6-5-11-24-14-15/h3-12,14,21H,2,13H2,1H3,(H,25,27). The smallest absolute Gasteiger partial charge is 0.257 e. The molecule has 136 valence electrons. The molecule has 0 fully saturated rings. The van der Waals surface area contributed by atoms with E-state index in [-0.39, 0.29) is 11.9 Å². The highest BCUT2D eigenvalue weighted by molar-refractivity contribution is 6.34. The van der Waals surface area contributed by atoms with Crippen molar-refractivity contribution in [2.75, 3.05) is 16.8 Å². The van der Waals surface area contributed by atoms with Crippen LogP contribution in [0.5, 0.6) is 0 Å². The third kappa shape index (κ3) is 3.40. The van der Waals surface area contributed by atoms with Crippen molar-refractivity contribution in [3.8, 4) is 0 Å². The lowest BCUT2D eigenvalue weighted by Gasteiger charge is -2.26. The van der Waals surface area contributed by atoms with E-state index in [4.69, 9.17) is 11.6 Å². The van der Waals surface area contributed by atoms with Crippen LogP contribution in [0.15, 0.2) is 67.0 Å². The van der Waals surface area contributed by atoms with Crippen LogP contribution >= 0.6 is 11.6 Å². The summed E-state index contributed by atoms with van der Waals surface area (Å²) in [5.74, 6) is -0.199. The molecular formula is C22H20ClN3O. The van der Waals surface area contributed by atoms with Crippen LogP contribution in [0.2, 0.25) is 5.02 Å². The number of aromatic nitrogens is 1. The predicted octanol–water partition coefficient (Wildman–Crippen LogP) is 5.11. The normalized spacial score (nSPS) is 15.5. The molecule has 1 aliphatic rings. The van der Waals surface area contributed by atoms with Gasteiger partial charge in [-0.25, -0.2) is 0 Å². The average Bonchev–Trinajstić information content (AvgIpc) is 3.06. The van der Waals surface area contributed by atoms with Gasteiger partial charge < -0.3 is 10.2 Å². The molecule has 27 heavy (non-hydrogen) atoms. The van der Waals surface area contributed by atoms with Crippen LogP contribution in [-0.2, 0) is 6.42 Å². The Hall–Kier alpha value is -2.85. The Balaban J connectivity index is 1.59. The first-order valence-electron chi connectivity index (χ1n) is 9.02. The molecule has 0 bridgehead atoms. The van der Waals surface area contributed by atoms with Gasteiger partial charge in [0.1, 0.15) is 0 Å². The number of halogens is 1. The van der Waals surface area contributed by atoms with Gasteiger partial charge in [0.25, 0.3) is 5.91 Å². The van der Waals surface area contributed by atoms with Crippen LogP contribution in [0.25, 0.3) is 0 Å². The fourth-order valence-corrected chi connectivity index (χ4v) is 3.92. The van der Waals surface area contributed by atoms with E-state index < -0.39 is 0 Å².